The first kappa shape index (κ1) is 17.4. The van der Waals surface area contributed by atoms with E-state index in [-0.39, 0.29) is 28.9 Å². The summed E-state index contributed by atoms with van der Waals surface area (Å²) in [7, 11) is 0. The van der Waals surface area contributed by atoms with Gasteiger partial charge in [-0.15, -0.1) is 0 Å². The molecule has 8 heteroatoms. The van der Waals surface area contributed by atoms with E-state index in [4.69, 9.17) is 4.42 Å². The first-order valence-corrected chi connectivity index (χ1v) is 7.65. The molecule has 2 heterocycles. The van der Waals surface area contributed by atoms with E-state index in [0.717, 1.165) is 0 Å². The van der Waals surface area contributed by atoms with Crippen LogP contribution in [0.25, 0.3) is 0 Å². The van der Waals surface area contributed by atoms with Gasteiger partial charge in [-0.1, -0.05) is 0 Å². The number of carbonyl (C=O) groups excluding carboxylic acids is 1. The van der Waals surface area contributed by atoms with Crippen LogP contribution in [-0.4, -0.2) is 28.3 Å². The van der Waals surface area contributed by atoms with Crippen LogP contribution in [0.5, 0.6) is 0 Å². The number of hydrogen-bond acceptors (Lipinski definition) is 5. The molecule has 0 saturated heterocycles. The average molecular weight is 342 g/mol. The molecular formula is C15H16F2N2O3S. The van der Waals surface area contributed by atoms with Gasteiger partial charge in [-0.05, 0) is 49.9 Å². The second kappa shape index (κ2) is 7.10. The molecule has 124 valence electrons. The third-order valence-corrected chi connectivity index (χ3v) is 3.81. The smallest absolute Gasteiger partial charge is 0.290 e. The summed E-state index contributed by atoms with van der Waals surface area (Å²) in [6, 6.07) is 6.20. The lowest BCUT2D eigenvalue weighted by molar-refractivity contribution is 0.0323. The summed E-state index contributed by atoms with van der Waals surface area (Å²) in [4.78, 5) is 16.0. The van der Waals surface area contributed by atoms with Crippen molar-refractivity contribution in [3.05, 3.63) is 47.5 Å². The van der Waals surface area contributed by atoms with E-state index in [1.54, 1.807) is 19.1 Å². The number of alkyl halides is 2. The van der Waals surface area contributed by atoms with Crippen LogP contribution in [0, 0.1) is 6.92 Å². The Bertz CT molecular complexity index is 689. The van der Waals surface area contributed by atoms with Crippen molar-refractivity contribution in [2.75, 3.05) is 6.54 Å². The number of carbonyl (C=O) groups is 1. The Kier molecular flexibility index (Phi) is 5.38. The molecule has 2 aromatic heterocycles. The zero-order valence-electron chi connectivity index (χ0n) is 12.5. The van der Waals surface area contributed by atoms with Crippen molar-refractivity contribution < 1.29 is 23.1 Å². The highest BCUT2D eigenvalue weighted by molar-refractivity contribution is 7.99. The van der Waals surface area contributed by atoms with Crippen LogP contribution >= 0.6 is 11.8 Å². The van der Waals surface area contributed by atoms with Gasteiger partial charge < -0.3 is 14.8 Å². The summed E-state index contributed by atoms with van der Waals surface area (Å²) in [6.45, 7) is 3.09. The second-order valence-electron chi connectivity index (χ2n) is 5.10. The van der Waals surface area contributed by atoms with Crippen LogP contribution in [0.15, 0.2) is 39.9 Å². The summed E-state index contributed by atoms with van der Waals surface area (Å²) in [5.41, 5.74) is -1.38. The maximum Gasteiger partial charge on any atom is 0.290 e. The zero-order valence-corrected chi connectivity index (χ0v) is 13.4. The molecule has 0 aliphatic carbocycles. The van der Waals surface area contributed by atoms with Crippen LogP contribution in [0.4, 0.5) is 8.78 Å². The van der Waals surface area contributed by atoms with Crippen LogP contribution in [-0.2, 0) is 5.60 Å². The number of rotatable bonds is 6. The Hall–Kier alpha value is -1.93. The molecule has 1 atom stereocenters. The van der Waals surface area contributed by atoms with Crippen LogP contribution in [0.3, 0.4) is 0 Å². The van der Waals surface area contributed by atoms with E-state index < -0.39 is 17.3 Å². The fourth-order valence-corrected chi connectivity index (χ4v) is 2.48. The topological polar surface area (TPSA) is 75.4 Å². The average Bonchev–Trinajstić information content (AvgIpc) is 2.92. The van der Waals surface area contributed by atoms with E-state index in [9.17, 15) is 18.7 Å². The van der Waals surface area contributed by atoms with E-state index in [0.29, 0.717) is 11.5 Å². The second-order valence-corrected chi connectivity index (χ2v) is 6.08. The largest absolute Gasteiger partial charge is 0.463 e. The fraction of sp³-hybridized carbons (Fsp3) is 0.333. The van der Waals surface area contributed by atoms with Crippen LogP contribution in [0.2, 0.25) is 0 Å². The molecule has 5 nitrogen and oxygen atoms in total. The number of aliphatic hydroxyl groups is 1. The van der Waals surface area contributed by atoms with Gasteiger partial charge in [0.15, 0.2) is 0 Å². The van der Waals surface area contributed by atoms with Gasteiger partial charge in [0.1, 0.15) is 22.1 Å². The molecule has 23 heavy (non-hydrogen) atoms. The fourth-order valence-electron chi connectivity index (χ4n) is 1.90. The lowest BCUT2D eigenvalue weighted by atomic mass is 10.0. The Labute approximate surface area is 136 Å². The number of aryl methyl sites for hydroxylation is 1. The molecule has 0 aliphatic rings. The molecule has 1 amide bonds. The quantitative estimate of drug-likeness (QED) is 0.790. The lowest BCUT2D eigenvalue weighted by Crippen LogP contribution is -2.38. The molecule has 0 fully saturated rings. The van der Waals surface area contributed by atoms with E-state index >= 15 is 0 Å². The standard InChI is InChI=1S/C15H16F2N2O3S/c1-9-5-6-11(22-9)15(2,21)8-19-12(20)10-4-3-7-18-13(10)23-14(16)17/h3-7,14,21H,8H2,1-2H3,(H,19,20). The van der Waals surface area contributed by atoms with Gasteiger partial charge in [0, 0.05) is 6.20 Å². The predicted molar refractivity (Wildman–Crippen MR) is 81.4 cm³/mol. The van der Waals surface area contributed by atoms with Gasteiger partial charge in [-0.3, -0.25) is 4.79 Å². The normalized spacial score (nSPS) is 13.8. The highest BCUT2D eigenvalue weighted by Gasteiger charge is 2.28. The van der Waals surface area contributed by atoms with Gasteiger partial charge in [0.2, 0.25) is 0 Å². The SMILES string of the molecule is Cc1ccc(C(C)(O)CNC(=O)c2cccnc2SC(F)F)o1. The van der Waals surface area contributed by atoms with E-state index in [2.05, 4.69) is 10.3 Å². The maximum atomic E-state index is 12.5. The molecule has 0 aliphatic heterocycles. The van der Waals surface area contributed by atoms with Gasteiger partial charge in [0.05, 0.1) is 12.1 Å². The summed E-state index contributed by atoms with van der Waals surface area (Å²) in [5.74, 6) is -2.33. The van der Waals surface area contributed by atoms with Crippen molar-refractivity contribution >= 4 is 17.7 Å². The molecule has 2 N–H and O–H groups in total. The zero-order chi connectivity index (χ0) is 17.0. The Balaban J connectivity index is 2.08. The Morgan fingerprint density at radius 1 is 1.48 bits per heavy atom. The van der Waals surface area contributed by atoms with Crippen molar-refractivity contribution in [3.63, 3.8) is 0 Å². The summed E-state index contributed by atoms with van der Waals surface area (Å²) < 4.78 is 30.3. The number of thioether (sulfide) groups is 1. The molecule has 1 unspecified atom stereocenters. The van der Waals surface area contributed by atoms with Crippen LogP contribution < -0.4 is 5.32 Å². The summed E-state index contributed by atoms with van der Waals surface area (Å²) in [5, 5.41) is 12.8. The predicted octanol–water partition coefficient (Wildman–Crippen LogP) is 2.94. The summed E-state index contributed by atoms with van der Waals surface area (Å²) >= 11 is 0.200. The molecule has 2 aromatic rings. The van der Waals surface area contributed by atoms with Crippen molar-refractivity contribution in [2.24, 2.45) is 0 Å². The number of aromatic nitrogens is 1. The van der Waals surface area contributed by atoms with Gasteiger partial charge in [0.25, 0.3) is 11.7 Å². The van der Waals surface area contributed by atoms with Gasteiger partial charge in [-0.2, -0.15) is 8.78 Å². The number of halogens is 2. The minimum atomic E-state index is -2.68. The number of nitrogens with zero attached hydrogens (tertiary/aromatic N) is 1. The third-order valence-electron chi connectivity index (χ3n) is 3.08. The number of hydrogen-bond donors (Lipinski definition) is 2. The Morgan fingerprint density at radius 3 is 2.83 bits per heavy atom. The van der Waals surface area contributed by atoms with E-state index in [1.165, 1.54) is 25.3 Å². The number of amides is 1. The molecule has 0 spiro atoms. The molecule has 0 radical (unpaired) electrons. The molecule has 0 saturated carbocycles. The Morgan fingerprint density at radius 2 is 2.22 bits per heavy atom. The first-order chi connectivity index (χ1) is 10.8. The van der Waals surface area contributed by atoms with Crippen molar-refractivity contribution in [1.29, 1.82) is 0 Å². The van der Waals surface area contributed by atoms with Crippen molar-refractivity contribution in [3.8, 4) is 0 Å². The number of nitrogens with one attached hydrogen (secondary N) is 1. The highest BCUT2D eigenvalue weighted by atomic mass is 32.2. The van der Waals surface area contributed by atoms with Gasteiger partial charge >= 0.3 is 0 Å². The van der Waals surface area contributed by atoms with Crippen LogP contribution in [0.1, 0.15) is 28.8 Å². The van der Waals surface area contributed by atoms with Gasteiger partial charge in [-0.25, -0.2) is 4.98 Å². The lowest BCUT2D eigenvalue weighted by Gasteiger charge is -2.21. The third kappa shape index (κ3) is 4.52. The van der Waals surface area contributed by atoms with Crippen molar-refractivity contribution in [1.82, 2.24) is 10.3 Å². The molecule has 0 aromatic carbocycles. The molecular weight excluding hydrogens is 326 g/mol. The van der Waals surface area contributed by atoms with E-state index in [1.807, 2.05) is 0 Å². The monoisotopic (exact) mass is 342 g/mol. The molecule has 0 bridgehead atoms. The van der Waals surface area contributed by atoms with Crippen molar-refractivity contribution in [2.45, 2.75) is 30.2 Å². The number of furan rings is 1. The maximum absolute atomic E-state index is 12.5. The molecule has 2 rings (SSSR count). The first-order valence-electron chi connectivity index (χ1n) is 6.77. The highest BCUT2D eigenvalue weighted by Crippen LogP contribution is 2.26. The summed E-state index contributed by atoms with van der Waals surface area (Å²) in [6.07, 6.45) is 1.34. The minimum Gasteiger partial charge on any atom is -0.463 e. The number of pyridine rings is 1. The minimum absolute atomic E-state index is 0.0317.